The van der Waals surface area contributed by atoms with Gasteiger partial charge in [-0.2, -0.15) is 0 Å². The average Bonchev–Trinajstić information content (AvgIpc) is 2.35. The molecule has 0 heterocycles. The van der Waals surface area contributed by atoms with Gasteiger partial charge in [0.15, 0.2) is 5.78 Å². The van der Waals surface area contributed by atoms with Crippen molar-refractivity contribution in [3.63, 3.8) is 0 Å². The van der Waals surface area contributed by atoms with Gasteiger partial charge in [0.1, 0.15) is 5.75 Å². The molecule has 94 valence electrons. The van der Waals surface area contributed by atoms with Crippen LogP contribution in [0.15, 0.2) is 18.2 Å². The number of ether oxygens (including phenoxy) is 2. The van der Waals surface area contributed by atoms with Crippen molar-refractivity contribution >= 4 is 5.78 Å². The van der Waals surface area contributed by atoms with Gasteiger partial charge in [0.05, 0.1) is 7.11 Å². The van der Waals surface area contributed by atoms with Gasteiger partial charge in [-0.1, -0.05) is 19.1 Å². The van der Waals surface area contributed by atoms with Crippen molar-refractivity contribution in [2.24, 2.45) is 5.92 Å². The molecule has 17 heavy (non-hydrogen) atoms. The molecular weight excluding hydrogens is 216 g/mol. The molecule has 0 bridgehead atoms. The molecule has 0 aliphatic rings. The molecule has 1 atom stereocenters. The van der Waals surface area contributed by atoms with E-state index in [-0.39, 0.29) is 11.7 Å². The Hall–Kier alpha value is -1.35. The summed E-state index contributed by atoms with van der Waals surface area (Å²) in [6.07, 6.45) is 0.742. The molecule has 0 amide bonds. The molecule has 0 saturated heterocycles. The van der Waals surface area contributed by atoms with Crippen molar-refractivity contribution in [2.75, 3.05) is 20.8 Å². The van der Waals surface area contributed by atoms with Gasteiger partial charge >= 0.3 is 0 Å². The van der Waals surface area contributed by atoms with Crippen LogP contribution in [0.5, 0.6) is 5.75 Å². The van der Waals surface area contributed by atoms with E-state index in [0.29, 0.717) is 12.2 Å². The molecule has 1 unspecified atom stereocenters. The van der Waals surface area contributed by atoms with E-state index in [1.165, 1.54) is 0 Å². The summed E-state index contributed by atoms with van der Waals surface area (Å²) in [6, 6.07) is 5.57. The summed E-state index contributed by atoms with van der Waals surface area (Å²) in [5.74, 6) is 0.873. The van der Waals surface area contributed by atoms with E-state index in [4.69, 9.17) is 9.47 Å². The second-order valence-corrected chi connectivity index (χ2v) is 4.23. The second kappa shape index (κ2) is 6.40. The SMILES string of the molecule is COCCC(C)C(=O)c1ccc(C)c(OC)c1. The molecule has 1 rings (SSSR count). The molecule has 0 spiro atoms. The zero-order valence-electron chi connectivity index (χ0n) is 10.9. The highest BCUT2D eigenvalue weighted by molar-refractivity contribution is 5.98. The lowest BCUT2D eigenvalue weighted by Gasteiger charge is -2.11. The Balaban J connectivity index is 2.81. The second-order valence-electron chi connectivity index (χ2n) is 4.23. The molecule has 1 aromatic rings. The van der Waals surface area contributed by atoms with E-state index >= 15 is 0 Å². The minimum atomic E-state index is -0.0256. The summed E-state index contributed by atoms with van der Waals surface area (Å²) in [4.78, 5) is 12.1. The Morgan fingerprint density at radius 2 is 2.06 bits per heavy atom. The van der Waals surface area contributed by atoms with E-state index in [2.05, 4.69) is 0 Å². The van der Waals surface area contributed by atoms with Crippen molar-refractivity contribution in [2.45, 2.75) is 20.3 Å². The molecule has 0 aliphatic carbocycles. The number of hydrogen-bond donors (Lipinski definition) is 0. The first-order valence-electron chi connectivity index (χ1n) is 5.78. The van der Waals surface area contributed by atoms with E-state index in [1.54, 1.807) is 20.3 Å². The first-order chi connectivity index (χ1) is 8.10. The Labute approximate surface area is 103 Å². The van der Waals surface area contributed by atoms with Crippen LogP contribution in [0.2, 0.25) is 0 Å². The van der Waals surface area contributed by atoms with Crippen molar-refractivity contribution in [1.29, 1.82) is 0 Å². The maximum Gasteiger partial charge on any atom is 0.165 e. The Kier molecular flexibility index (Phi) is 5.16. The minimum absolute atomic E-state index is 0.0256. The van der Waals surface area contributed by atoms with Crippen LogP contribution in [-0.2, 0) is 4.74 Å². The molecule has 1 aromatic carbocycles. The van der Waals surface area contributed by atoms with Gasteiger partial charge < -0.3 is 9.47 Å². The number of carbonyl (C=O) groups excluding carboxylic acids is 1. The number of benzene rings is 1. The maximum atomic E-state index is 12.1. The third-order valence-corrected chi connectivity index (χ3v) is 2.90. The molecule has 3 heteroatoms. The number of aryl methyl sites for hydroxylation is 1. The van der Waals surface area contributed by atoms with E-state index in [9.17, 15) is 4.79 Å². The largest absolute Gasteiger partial charge is 0.496 e. The normalized spacial score (nSPS) is 12.2. The molecule has 0 aliphatic heterocycles. The Bertz CT molecular complexity index is 385. The van der Waals surface area contributed by atoms with Crippen LogP contribution in [0.1, 0.15) is 29.3 Å². The Morgan fingerprint density at radius 1 is 1.35 bits per heavy atom. The highest BCUT2D eigenvalue weighted by atomic mass is 16.5. The lowest BCUT2D eigenvalue weighted by molar-refractivity contribution is 0.0893. The topological polar surface area (TPSA) is 35.5 Å². The van der Waals surface area contributed by atoms with Crippen LogP contribution in [0.3, 0.4) is 0 Å². The quantitative estimate of drug-likeness (QED) is 0.712. The monoisotopic (exact) mass is 236 g/mol. The van der Waals surface area contributed by atoms with Gasteiger partial charge in [0.25, 0.3) is 0 Å². The molecule has 0 saturated carbocycles. The number of carbonyl (C=O) groups is 1. The first kappa shape index (κ1) is 13.7. The third kappa shape index (κ3) is 3.56. The highest BCUT2D eigenvalue weighted by Crippen LogP contribution is 2.21. The van der Waals surface area contributed by atoms with E-state index in [0.717, 1.165) is 17.7 Å². The van der Waals surface area contributed by atoms with Gasteiger partial charge in [-0.05, 0) is 25.0 Å². The summed E-state index contributed by atoms with van der Waals surface area (Å²) in [6.45, 7) is 4.49. The first-order valence-corrected chi connectivity index (χ1v) is 5.78. The van der Waals surface area contributed by atoms with Crippen molar-refractivity contribution in [3.8, 4) is 5.75 Å². The molecule has 0 N–H and O–H groups in total. The predicted octanol–water partition coefficient (Wildman–Crippen LogP) is 2.86. The molecule has 0 aromatic heterocycles. The van der Waals surface area contributed by atoms with Crippen LogP contribution < -0.4 is 4.74 Å². The van der Waals surface area contributed by atoms with E-state index < -0.39 is 0 Å². The molecular formula is C14H20O3. The molecule has 0 radical (unpaired) electrons. The average molecular weight is 236 g/mol. The summed E-state index contributed by atoms with van der Waals surface area (Å²) < 4.78 is 10.2. The van der Waals surface area contributed by atoms with Gasteiger partial charge in [-0.15, -0.1) is 0 Å². The van der Waals surface area contributed by atoms with Gasteiger partial charge in [0.2, 0.25) is 0 Å². The lowest BCUT2D eigenvalue weighted by atomic mass is 9.96. The van der Waals surface area contributed by atoms with Crippen LogP contribution >= 0.6 is 0 Å². The fourth-order valence-corrected chi connectivity index (χ4v) is 1.68. The fourth-order valence-electron chi connectivity index (χ4n) is 1.68. The van der Waals surface area contributed by atoms with Crippen molar-refractivity contribution < 1.29 is 14.3 Å². The Morgan fingerprint density at radius 3 is 2.65 bits per heavy atom. The van der Waals surface area contributed by atoms with Gasteiger partial charge in [0, 0.05) is 25.2 Å². The van der Waals surface area contributed by atoms with Crippen LogP contribution in [0, 0.1) is 12.8 Å². The maximum absolute atomic E-state index is 12.1. The van der Waals surface area contributed by atoms with Crippen LogP contribution in [-0.4, -0.2) is 26.6 Å². The number of ketones is 1. The summed E-state index contributed by atoms with van der Waals surface area (Å²) >= 11 is 0. The third-order valence-electron chi connectivity index (χ3n) is 2.90. The number of rotatable bonds is 6. The zero-order chi connectivity index (χ0) is 12.8. The van der Waals surface area contributed by atoms with Crippen molar-refractivity contribution in [3.05, 3.63) is 29.3 Å². The molecule has 0 fully saturated rings. The fraction of sp³-hybridized carbons (Fsp3) is 0.500. The van der Waals surface area contributed by atoms with Crippen LogP contribution in [0.4, 0.5) is 0 Å². The highest BCUT2D eigenvalue weighted by Gasteiger charge is 2.16. The number of hydrogen-bond acceptors (Lipinski definition) is 3. The number of methoxy groups -OCH3 is 2. The summed E-state index contributed by atoms with van der Waals surface area (Å²) in [7, 11) is 3.26. The van der Waals surface area contributed by atoms with Gasteiger partial charge in [-0.3, -0.25) is 4.79 Å². The van der Waals surface area contributed by atoms with Gasteiger partial charge in [-0.25, -0.2) is 0 Å². The smallest absolute Gasteiger partial charge is 0.165 e. The van der Waals surface area contributed by atoms with E-state index in [1.807, 2.05) is 26.0 Å². The van der Waals surface area contributed by atoms with Crippen molar-refractivity contribution in [1.82, 2.24) is 0 Å². The summed E-state index contributed by atoms with van der Waals surface area (Å²) in [5, 5.41) is 0. The minimum Gasteiger partial charge on any atom is -0.496 e. The standard InChI is InChI=1S/C14H20O3/c1-10-5-6-12(9-13(10)17-4)14(15)11(2)7-8-16-3/h5-6,9,11H,7-8H2,1-4H3. The zero-order valence-corrected chi connectivity index (χ0v) is 10.9. The lowest BCUT2D eigenvalue weighted by Crippen LogP contribution is -2.13. The predicted molar refractivity (Wildman–Crippen MR) is 67.7 cm³/mol. The van der Waals surface area contributed by atoms with Crippen LogP contribution in [0.25, 0.3) is 0 Å². The summed E-state index contributed by atoms with van der Waals surface area (Å²) in [5.41, 5.74) is 1.74. The number of Topliss-reactive ketones (excluding diaryl/α,β-unsaturated/α-hetero) is 1. The molecule has 3 nitrogen and oxygen atoms in total.